The van der Waals surface area contributed by atoms with Crippen molar-refractivity contribution in [2.24, 2.45) is 0 Å². The van der Waals surface area contributed by atoms with Gasteiger partial charge in [-0.1, -0.05) is 19.4 Å². The largest absolute Gasteiger partial charge is 0.429 e. The maximum Gasteiger partial charge on any atom is 0.419 e. The zero-order chi connectivity index (χ0) is 28.3. The van der Waals surface area contributed by atoms with Gasteiger partial charge in [0.2, 0.25) is 0 Å². The highest BCUT2D eigenvalue weighted by Gasteiger charge is 2.29. The number of aromatic nitrogens is 1. The Hall–Kier alpha value is -4.21. The van der Waals surface area contributed by atoms with Crippen molar-refractivity contribution in [3.63, 3.8) is 0 Å². The third kappa shape index (κ3) is 6.45. The van der Waals surface area contributed by atoms with Crippen LogP contribution in [0.15, 0.2) is 66.9 Å². The van der Waals surface area contributed by atoms with E-state index in [0.717, 1.165) is 42.7 Å². The molecule has 0 radical (unpaired) electrons. The van der Waals surface area contributed by atoms with Gasteiger partial charge in [-0.15, -0.1) is 0 Å². The van der Waals surface area contributed by atoms with Crippen LogP contribution in [0.4, 0.5) is 35.1 Å². The fraction of sp³-hybridized carbons (Fsp3) is 0.138. The molecule has 0 saturated heterocycles. The number of hydrogen-bond donors (Lipinski definition) is 0. The van der Waals surface area contributed by atoms with E-state index >= 15 is 0 Å². The van der Waals surface area contributed by atoms with E-state index in [-0.39, 0.29) is 17.2 Å². The molecule has 0 atom stereocenters. The van der Waals surface area contributed by atoms with E-state index in [9.17, 15) is 35.1 Å². The zero-order valence-corrected chi connectivity index (χ0v) is 20.2. The van der Waals surface area contributed by atoms with Crippen LogP contribution in [0.3, 0.4) is 0 Å². The molecule has 0 aliphatic rings. The number of alkyl halides is 2. The molecule has 0 fully saturated rings. The predicted molar refractivity (Wildman–Crippen MR) is 130 cm³/mol. The second kappa shape index (κ2) is 11.3. The Morgan fingerprint density at radius 2 is 1.41 bits per heavy atom. The molecule has 0 unspecified atom stereocenters. The maximum atomic E-state index is 14.6. The highest BCUT2D eigenvalue weighted by molar-refractivity contribution is 5.66. The smallest absolute Gasteiger partial charge is 0.419 e. The fourth-order valence-corrected chi connectivity index (χ4v) is 3.80. The summed E-state index contributed by atoms with van der Waals surface area (Å²) in [4.78, 5) is 4.18. The van der Waals surface area contributed by atoms with E-state index < -0.39 is 57.9 Å². The van der Waals surface area contributed by atoms with Gasteiger partial charge in [0.15, 0.2) is 17.5 Å². The molecular formula is C29H19F8NO. The van der Waals surface area contributed by atoms with Gasteiger partial charge >= 0.3 is 6.11 Å². The first-order chi connectivity index (χ1) is 18.5. The summed E-state index contributed by atoms with van der Waals surface area (Å²) in [7, 11) is 0. The molecule has 0 N–H and O–H groups in total. The Balaban J connectivity index is 1.52. The molecule has 0 aliphatic heterocycles. The average molecular weight is 549 g/mol. The molecule has 1 heterocycles. The molecule has 1 aromatic heterocycles. The first-order valence-corrected chi connectivity index (χ1v) is 11.6. The lowest BCUT2D eigenvalue weighted by Gasteiger charge is -2.15. The summed E-state index contributed by atoms with van der Waals surface area (Å²) in [5, 5.41) is 0. The number of rotatable bonds is 8. The molecule has 2 nitrogen and oxygen atoms in total. The summed E-state index contributed by atoms with van der Waals surface area (Å²) in [5.74, 6) is -8.99. The minimum atomic E-state index is -4.13. The molecule has 4 aromatic rings. The van der Waals surface area contributed by atoms with Crippen molar-refractivity contribution >= 4 is 6.08 Å². The fourth-order valence-electron chi connectivity index (χ4n) is 3.80. The first kappa shape index (κ1) is 27.8. The molecule has 39 heavy (non-hydrogen) atoms. The van der Waals surface area contributed by atoms with Gasteiger partial charge in [-0.05, 0) is 66.1 Å². The van der Waals surface area contributed by atoms with Gasteiger partial charge in [0, 0.05) is 35.0 Å². The van der Waals surface area contributed by atoms with Crippen LogP contribution in [-0.2, 0) is 6.42 Å². The number of hydrogen-bond acceptors (Lipinski definition) is 2. The monoisotopic (exact) mass is 549 g/mol. The van der Waals surface area contributed by atoms with E-state index in [4.69, 9.17) is 0 Å². The first-order valence-electron chi connectivity index (χ1n) is 11.6. The summed E-state index contributed by atoms with van der Waals surface area (Å²) in [6, 6.07) is 8.68. The lowest BCUT2D eigenvalue weighted by atomic mass is 10.0. The van der Waals surface area contributed by atoms with E-state index in [2.05, 4.69) is 9.72 Å². The van der Waals surface area contributed by atoms with Crippen molar-refractivity contribution in [2.45, 2.75) is 25.9 Å². The molecule has 4 rings (SSSR count). The number of pyridine rings is 1. The van der Waals surface area contributed by atoms with Crippen molar-refractivity contribution in [1.82, 2.24) is 4.98 Å². The van der Waals surface area contributed by atoms with Crippen molar-refractivity contribution in [3.8, 4) is 28.1 Å². The zero-order valence-electron chi connectivity index (χ0n) is 20.2. The van der Waals surface area contributed by atoms with Crippen LogP contribution < -0.4 is 4.74 Å². The van der Waals surface area contributed by atoms with Crippen LogP contribution in [0.5, 0.6) is 5.75 Å². The number of ether oxygens (including phenoxy) is 1. The van der Waals surface area contributed by atoms with Crippen LogP contribution in [0, 0.1) is 34.9 Å². The standard InChI is InChI=1S/C29H19F8NO/c1-2-3-16-4-7-27(38-15-16)18-12-22(30)21(23(31)13-18)8-9-29(36,37)39-19-5-6-20(24(32)14-19)17-10-25(33)28(35)26(34)11-17/h4-15H,2-3H2,1H3. The van der Waals surface area contributed by atoms with Crippen LogP contribution in [0.1, 0.15) is 24.5 Å². The summed E-state index contributed by atoms with van der Waals surface area (Å²) >= 11 is 0. The van der Waals surface area contributed by atoms with Gasteiger partial charge in [-0.25, -0.2) is 26.3 Å². The number of aryl methyl sites for hydroxylation is 1. The highest BCUT2D eigenvalue weighted by atomic mass is 19.3. The van der Waals surface area contributed by atoms with Crippen LogP contribution >= 0.6 is 0 Å². The van der Waals surface area contributed by atoms with Crippen LogP contribution in [-0.4, -0.2) is 11.1 Å². The predicted octanol–water partition coefficient (Wildman–Crippen LogP) is 8.89. The molecule has 10 heteroatoms. The summed E-state index contributed by atoms with van der Waals surface area (Å²) < 4.78 is 117. The van der Waals surface area contributed by atoms with Crippen molar-refractivity contribution in [1.29, 1.82) is 0 Å². The maximum absolute atomic E-state index is 14.6. The van der Waals surface area contributed by atoms with Gasteiger partial charge in [0.25, 0.3) is 0 Å². The Morgan fingerprint density at radius 1 is 0.769 bits per heavy atom. The van der Waals surface area contributed by atoms with Crippen LogP contribution in [0.2, 0.25) is 0 Å². The molecule has 0 aliphatic carbocycles. The summed E-state index contributed by atoms with van der Waals surface area (Å²) in [5.41, 5.74) is -0.164. The lowest BCUT2D eigenvalue weighted by Crippen LogP contribution is -2.21. The topological polar surface area (TPSA) is 22.1 Å². The number of benzene rings is 3. The lowest BCUT2D eigenvalue weighted by molar-refractivity contribution is -0.131. The van der Waals surface area contributed by atoms with Crippen molar-refractivity contribution < 1.29 is 39.9 Å². The third-order valence-electron chi connectivity index (χ3n) is 5.67. The molecule has 0 bridgehead atoms. The van der Waals surface area contributed by atoms with Crippen LogP contribution in [0.25, 0.3) is 28.5 Å². The third-order valence-corrected chi connectivity index (χ3v) is 5.67. The Kier molecular flexibility index (Phi) is 8.03. The van der Waals surface area contributed by atoms with E-state index in [1.54, 1.807) is 18.3 Å². The van der Waals surface area contributed by atoms with Gasteiger partial charge in [-0.2, -0.15) is 8.78 Å². The van der Waals surface area contributed by atoms with Gasteiger partial charge in [-0.3, -0.25) is 4.98 Å². The minimum absolute atomic E-state index is 0.0858. The summed E-state index contributed by atoms with van der Waals surface area (Å²) in [6.45, 7) is 2.00. The molecule has 0 spiro atoms. The Bertz CT molecular complexity index is 1490. The minimum Gasteiger partial charge on any atom is -0.429 e. The molecule has 3 aromatic carbocycles. The Labute approximate surface area is 218 Å². The van der Waals surface area contributed by atoms with E-state index in [1.165, 1.54) is 0 Å². The van der Waals surface area contributed by atoms with Gasteiger partial charge < -0.3 is 4.74 Å². The molecule has 202 valence electrons. The van der Waals surface area contributed by atoms with Crippen molar-refractivity contribution in [3.05, 3.63) is 113 Å². The Morgan fingerprint density at radius 3 is 1.97 bits per heavy atom. The molecule has 0 amide bonds. The quantitative estimate of drug-likeness (QED) is 0.162. The van der Waals surface area contributed by atoms with Gasteiger partial charge in [0.05, 0.1) is 5.69 Å². The van der Waals surface area contributed by atoms with Gasteiger partial charge in [0.1, 0.15) is 23.2 Å². The molecular weight excluding hydrogens is 530 g/mol. The number of halogens is 8. The SMILES string of the molecule is CCCc1ccc(-c2cc(F)c(C=CC(F)(F)Oc3ccc(-c4cc(F)c(F)c(F)c4)c(F)c3)c(F)c2)nc1. The van der Waals surface area contributed by atoms with E-state index in [1.807, 2.05) is 6.92 Å². The average Bonchev–Trinajstić information content (AvgIpc) is 2.87. The normalized spacial score (nSPS) is 11.8. The number of nitrogens with zero attached hydrogens (tertiary/aromatic N) is 1. The summed E-state index contributed by atoms with van der Waals surface area (Å²) in [6.07, 6.45) is -0.273. The highest BCUT2D eigenvalue weighted by Crippen LogP contribution is 2.32. The second-order valence-corrected chi connectivity index (χ2v) is 8.55. The van der Waals surface area contributed by atoms with Crippen molar-refractivity contribution in [2.75, 3.05) is 0 Å². The molecule has 0 saturated carbocycles. The second-order valence-electron chi connectivity index (χ2n) is 8.55. The van der Waals surface area contributed by atoms with E-state index in [0.29, 0.717) is 30.0 Å².